The smallest absolute Gasteiger partial charge is 0.386 e. The van der Waals surface area contributed by atoms with Crippen LogP contribution >= 0.6 is 38.1 Å². The Labute approximate surface area is 260 Å². The van der Waals surface area contributed by atoms with Gasteiger partial charge in [-0.15, -0.1) is 0 Å². The number of fused-ring (bicyclic) bond motifs is 5. The van der Waals surface area contributed by atoms with Gasteiger partial charge in [-0.1, -0.05) is 24.5 Å². The number of aromatic amines is 1. The fourth-order valence-corrected chi connectivity index (χ4v) is 8.20. The van der Waals surface area contributed by atoms with Crippen LogP contribution < -0.4 is 17.0 Å². The first-order valence-electron chi connectivity index (χ1n) is 12.9. The van der Waals surface area contributed by atoms with Crippen LogP contribution in [0, 0.1) is 0 Å². The number of hydrogen-bond donors (Lipinski definition) is 6. The molecule has 0 aromatic carbocycles. The molecule has 7 rings (SSSR count). The first-order valence-corrected chi connectivity index (χ1v) is 18.3. The second-order valence-electron chi connectivity index (χ2n) is 10.1. The molecule has 0 spiro atoms. The van der Waals surface area contributed by atoms with Crippen LogP contribution in [-0.4, -0.2) is 94.0 Å². The number of nitrogens with two attached hydrogens (primary N) is 2. The molecule has 0 amide bonds. The Kier molecular flexibility index (Phi) is 7.72. The van der Waals surface area contributed by atoms with E-state index >= 15 is 4.39 Å². The van der Waals surface area contributed by atoms with Crippen LogP contribution in [0.1, 0.15) is 12.5 Å². The van der Waals surface area contributed by atoms with E-state index in [1.807, 2.05) is 0 Å². The van der Waals surface area contributed by atoms with E-state index in [1.165, 1.54) is 21.8 Å². The number of aliphatic hydroxyl groups excluding tert-OH is 1. The van der Waals surface area contributed by atoms with Crippen molar-refractivity contribution in [3.63, 3.8) is 0 Å². The van der Waals surface area contributed by atoms with Gasteiger partial charge in [-0.2, -0.15) is 4.98 Å². The minimum atomic E-state index is -4.42. The summed E-state index contributed by atoms with van der Waals surface area (Å²) in [7, 11) is 0. The van der Waals surface area contributed by atoms with Crippen LogP contribution in [0.3, 0.4) is 0 Å². The SMILES string of the molecule is Nc1nc2c(ncn2[C@@H]2O[C@@H]3CO[P@@](=O)(S)O[C@@H]4C(CO[P@@](=O)(S)O[C@@H]2[C@@H]3O)O[C@@H](n2cnc3c(N)ncnc32)[C@@H]4F)c(=O)[nH]1. The van der Waals surface area contributed by atoms with E-state index in [1.54, 1.807) is 0 Å². The molecule has 0 aliphatic carbocycles. The van der Waals surface area contributed by atoms with Crippen LogP contribution in [0.25, 0.3) is 22.3 Å². The molecule has 1 unspecified atom stereocenters. The lowest BCUT2D eigenvalue weighted by molar-refractivity contribution is -0.0568. The average Bonchev–Trinajstić information content (AvgIpc) is 3.72. The van der Waals surface area contributed by atoms with Crippen molar-refractivity contribution in [3.8, 4) is 0 Å². The van der Waals surface area contributed by atoms with E-state index in [0.29, 0.717) is 0 Å². The van der Waals surface area contributed by atoms with Gasteiger partial charge in [0.2, 0.25) is 5.95 Å². The zero-order chi connectivity index (χ0) is 31.8. The van der Waals surface area contributed by atoms with Crippen LogP contribution in [0.5, 0.6) is 0 Å². The number of halogens is 1. The van der Waals surface area contributed by atoms with Gasteiger partial charge in [0, 0.05) is 0 Å². The van der Waals surface area contributed by atoms with E-state index in [2.05, 4.69) is 54.4 Å². The molecule has 6 N–H and O–H groups in total. The minimum Gasteiger partial charge on any atom is -0.387 e. The van der Waals surface area contributed by atoms with Crippen LogP contribution in [0.2, 0.25) is 0 Å². The maximum atomic E-state index is 16.0. The Bertz CT molecular complexity index is 1950. The number of nitrogens with zero attached hydrogens (tertiary/aromatic N) is 7. The molecule has 20 nitrogen and oxygen atoms in total. The third-order valence-corrected chi connectivity index (χ3v) is 10.5. The van der Waals surface area contributed by atoms with Gasteiger partial charge in [0.25, 0.3) is 5.56 Å². The summed E-state index contributed by atoms with van der Waals surface area (Å²) in [5, 5.41) is 11.1. The Morgan fingerprint density at radius 1 is 0.911 bits per heavy atom. The molecule has 3 aliphatic rings. The number of anilines is 2. The van der Waals surface area contributed by atoms with Crippen LogP contribution in [0.4, 0.5) is 16.2 Å². The fraction of sp³-hybridized carbons (Fsp3) is 0.500. The Balaban J connectivity index is 1.21. The van der Waals surface area contributed by atoms with Crippen molar-refractivity contribution in [2.75, 3.05) is 24.7 Å². The number of hydrogen-bond acceptors (Lipinski definition) is 17. The number of aliphatic hydroxyl groups is 1. The molecule has 10 atom stereocenters. The van der Waals surface area contributed by atoms with Gasteiger partial charge in [-0.05, 0) is 0 Å². The normalized spacial score (nSPS) is 37.7. The first kappa shape index (κ1) is 30.9. The standard InChI is InChI=1S/C20H23FN10O10P2S2/c21-8-12-7(39-18(8)30-4-26-9-14(22)24-3-25-15(9)30)2-37-43(35,45)41-13-11(32)6(1-36-42(34,44)40-12)38-19(13)31-5-27-10-16(31)28-20(23)29-17(10)33/h3-8,11-13,18-19,32H,1-2H2,(H,34,44)(H,35,45)(H2,22,24,25)(H3,23,28,29,33)/t6-,7?,8-,11-,12-,13-,18-,19-,42-,43-/m1/s1. The van der Waals surface area contributed by atoms with Crippen LogP contribution in [-0.2, 0) is 36.7 Å². The zero-order valence-corrected chi connectivity index (χ0v) is 25.9. The summed E-state index contributed by atoms with van der Waals surface area (Å²) in [5.74, 6) is -0.193. The summed E-state index contributed by atoms with van der Waals surface area (Å²) in [5.41, 5.74) is 11.0. The van der Waals surface area contributed by atoms with Crippen LogP contribution in [0.15, 0.2) is 23.8 Å². The molecule has 2 bridgehead atoms. The van der Waals surface area contributed by atoms with Gasteiger partial charge in [0.15, 0.2) is 41.3 Å². The molecule has 45 heavy (non-hydrogen) atoms. The second-order valence-corrected chi connectivity index (χ2v) is 15.8. The number of rotatable bonds is 2. The predicted octanol–water partition coefficient (Wildman–Crippen LogP) is 0.511. The van der Waals surface area contributed by atoms with Gasteiger partial charge in [0.1, 0.15) is 42.4 Å². The molecule has 242 valence electrons. The quantitative estimate of drug-likeness (QED) is 0.122. The molecule has 25 heteroatoms. The fourth-order valence-electron chi connectivity index (χ4n) is 5.26. The zero-order valence-electron chi connectivity index (χ0n) is 22.3. The second kappa shape index (κ2) is 11.2. The van der Waals surface area contributed by atoms with Gasteiger partial charge >= 0.3 is 13.6 Å². The molecule has 0 radical (unpaired) electrons. The van der Waals surface area contributed by atoms with E-state index in [-0.39, 0.29) is 34.1 Å². The number of nitrogens with one attached hydrogen (secondary N) is 1. The third kappa shape index (κ3) is 5.54. The van der Waals surface area contributed by atoms with E-state index < -0.39 is 81.5 Å². The summed E-state index contributed by atoms with van der Waals surface area (Å²) in [6.45, 7) is -10.1. The molecule has 3 fully saturated rings. The van der Waals surface area contributed by atoms with Gasteiger partial charge in [-0.25, -0.2) is 33.5 Å². The van der Waals surface area contributed by atoms with Crippen molar-refractivity contribution in [2.24, 2.45) is 0 Å². The highest BCUT2D eigenvalue weighted by Gasteiger charge is 2.54. The number of aromatic nitrogens is 8. The van der Waals surface area contributed by atoms with Gasteiger partial charge < -0.3 is 26.0 Å². The molecular weight excluding hydrogens is 685 g/mol. The number of thiol groups is 2. The maximum absolute atomic E-state index is 16.0. The lowest BCUT2D eigenvalue weighted by Gasteiger charge is -2.26. The molecule has 4 aromatic heterocycles. The Morgan fingerprint density at radius 3 is 2.27 bits per heavy atom. The average molecular weight is 709 g/mol. The molecule has 0 saturated carbocycles. The maximum Gasteiger partial charge on any atom is 0.386 e. The van der Waals surface area contributed by atoms with Crippen molar-refractivity contribution >= 4 is 72.2 Å². The third-order valence-electron chi connectivity index (χ3n) is 7.28. The van der Waals surface area contributed by atoms with Crippen molar-refractivity contribution in [2.45, 2.75) is 49.1 Å². The Hall–Kier alpha value is -2.69. The number of nitrogen functional groups attached to an aromatic ring is 2. The Morgan fingerprint density at radius 2 is 1.53 bits per heavy atom. The highest BCUT2D eigenvalue weighted by molar-refractivity contribution is 8.44. The monoisotopic (exact) mass is 708 g/mol. The minimum absolute atomic E-state index is 0.0443. The number of imidazole rings is 2. The number of H-pyrrole nitrogens is 1. The number of alkyl halides is 1. The van der Waals surface area contributed by atoms with Crippen molar-refractivity contribution in [1.82, 2.24) is 39.0 Å². The summed E-state index contributed by atoms with van der Waals surface area (Å²) in [6, 6.07) is 0. The predicted molar refractivity (Wildman–Crippen MR) is 156 cm³/mol. The molecule has 7 heterocycles. The number of ether oxygens (including phenoxy) is 2. The van der Waals surface area contributed by atoms with E-state index in [4.69, 9.17) is 39.0 Å². The largest absolute Gasteiger partial charge is 0.387 e. The summed E-state index contributed by atoms with van der Waals surface area (Å²) >= 11 is 8.03. The van der Waals surface area contributed by atoms with E-state index in [0.717, 1.165) is 6.33 Å². The molecular formula is C20H23FN10O10P2S2. The van der Waals surface area contributed by atoms with Gasteiger partial charge in [-0.3, -0.25) is 37.0 Å². The summed E-state index contributed by atoms with van der Waals surface area (Å²) < 4.78 is 79.0. The van der Waals surface area contributed by atoms with Crippen molar-refractivity contribution < 1.29 is 46.2 Å². The summed E-state index contributed by atoms with van der Waals surface area (Å²) in [4.78, 5) is 34.7. The van der Waals surface area contributed by atoms with Crippen molar-refractivity contribution in [3.05, 3.63) is 29.3 Å². The highest BCUT2D eigenvalue weighted by Crippen LogP contribution is 2.60. The van der Waals surface area contributed by atoms with Crippen molar-refractivity contribution in [1.29, 1.82) is 0 Å². The first-order chi connectivity index (χ1) is 21.3. The van der Waals surface area contributed by atoms with E-state index in [9.17, 15) is 19.0 Å². The topological polar surface area (TPSA) is 269 Å². The lowest BCUT2D eigenvalue weighted by Crippen LogP contribution is -2.35. The lowest BCUT2D eigenvalue weighted by atomic mass is 10.1. The molecule has 4 aromatic rings. The highest BCUT2D eigenvalue weighted by atomic mass is 32.7. The molecule has 3 aliphatic heterocycles. The van der Waals surface area contributed by atoms with Gasteiger partial charge in [0.05, 0.1) is 25.9 Å². The molecule has 3 saturated heterocycles. The summed E-state index contributed by atoms with van der Waals surface area (Å²) in [6.07, 6.45) is -8.75.